The van der Waals surface area contributed by atoms with Crippen LogP contribution in [0.5, 0.6) is 0 Å². The summed E-state index contributed by atoms with van der Waals surface area (Å²) in [6.45, 7) is 5.10. The number of halogens is 5. The molecule has 10 nitrogen and oxygen atoms in total. The SMILES string of the molecule is CCNC(=O)[C@]1(Cc2ccccc2)CCCN(C(=O)[C@@H](Cc2ccc(Cl)c(Cl)c2)NC(=O)N[C@@H]2CCC[NH2+]C2)C1.O=C([O-])C(F)(F)F. The molecule has 2 aromatic carbocycles. The molecular formula is C32H40Cl2F3N5O5. The number of carboxylic acids is 1. The van der Waals surface area contributed by atoms with Crippen molar-refractivity contribution in [3.05, 3.63) is 69.7 Å². The molecule has 258 valence electrons. The molecule has 2 aromatic rings. The topological polar surface area (TPSA) is 147 Å². The number of carbonyl (C=O) groups is 4. The average molecular weight is 703 g/mol. The number of hydrogen-bond acceptors (Lipinski definition) is 5. The first-order valence-electron chi connectivity index (χ1n) is 15.5. The number of piperidine rings is 2. The molecule has 4 amide bonds. The number of quaternary nitrogens is 1. The Balaban J connectivity index is 0.000000771. The Morgan fingerprint density at radius 1 is 1.06 bits per heavy atom. The van der Waals surface area contributed by atoms with E-state index in [9.17, 15) is 27.6 Å². The van der Waals surface area contributed by atoms with Gasteiger partial charge in [-0.25, -0.2) is 4.79 Å². The van der Waals surface area contributed by atoms with Crippen molar-refractivity contribution in [2.24, 2.45) is 5.41 Å². The summed E-state index contributed by atoms with van der Waals surface area (Å²) in [6, 6.07) is 14.0. The largest absolute Gasteiger partial charge is 0.542 e. The monoisotopic (exact) mass is 701 g/mol. The molecule has 0 aliphatic carbocycles. The Morgan fingerprint density at radius 2 is 1.77 bits per heavy atom. The molecule has 0 radical (unpaired) electrons. The van der Waals surface area contributed by atoms with Crippen LogP contribution in [0.4, 0.5) is 18.0 Å². The van der Waals surface area contributed by atoms with Crippen molar-refractivity contribution in [3.8, 4) is 0 Å². The van der Waals surface area contributed by atoms with Crippen molar-refractivity contribution >= 4 is 47.0 Å². The van der Waals surface area contributed by atoms with E-state index in [1.807, 2.05) is 43.3 Å². The predicted molar refractivity (Wildman–Crippen MR) is 168 cm³/mol. The molecule has 2 fully saturated rings. The third-order valence-electron chi connectivity index (χ3n) is 8.10. The van der Waals surface area contributed by atoms with Gasteiger partial charge in [-0.1, -0.05) is 59.6 Å². The number of benzene rings is 2. The minimum absolute atomic E-state index is 0.0448. The van der Waals surface area contributed by atoms with Gasteiger partial charge in [-0.15, -0.1) is 0 Å². The fourth-order valence-electron chi connectivity index (χ4n) is 5.85. The molecule has 3 atom stereocenters. The van der Waals surface area contributed by atoms with Crippen LogP contribution in [0, 0.1) is 5.41 Å². The lowest BCUT2D eigenvalue weighted by molar-refractivity contribution is -0.664. The Morgan fingerprint density at radius 3 is 2.36 bits per heavy atom. The summed E-state index contributed by atoms with van der Waals surface area (Å²) < 4.78 is 31.5. The quantitative estimate of drug-likeness (QED) is 0.317. The van der Waals surface area contributed by atoms with Crippen LogP contribution < -0.4 is 26.4 Å². The molecule has 0 aromatic heterocycles. The molecule has 2 saturated heterocycles. The molecule has 4 rings (SSSR count). The smallest absolute Gasteiger partial charge is 0.430 e. The fourth-order valence-corrected chi connectivity index (χ4v) is 6.17. The lowest BCUT2D eigenvalue weighted by Crippen LogP contribution is -2.89. The van der Waals surface area contributed by atoms with Crippen molar-refractivity contribution in [1.29, 1.82) is 0 Å². The number of rotatable bonds is 9. The van der Waals surface area contributed by atoms with E-state index in [4.69, 9.17) is 33.1 Å². The molecule has 2 aliphatic heterocycles. The van der Waals surface area contributed by atoms with Crippen molar-refractivity contribution in [1.82, 2.24) is 20.9 Å². The maximum absolute atomic E-state index is 14.1. The van der Waals surface area contributed by atoms with Gasteiger partial charge in [0.15, 0.2) is 0 Å². The molecule has 5 N–H and O–H groups in total. The second-order valence-electron chi connectivity index (χ2n) is 11.7. The summed E-state index contributed by atoms with van der Waals surface area (Å²) in [5.41, 5.74) is 1.09. The van der Waals surface area contributed by atoms with Gasteiger partial charge in [0.05, 0.1) is 34.6 Å². The van der Waals surface area contributed by atoms with Crippen LogP contribution in [0.1, 0.15) is 43.7 Å². The highest BCUT2D eigenvalue weighted by molar-refractivity contribution is 6.42. The number of amides is 4. The third kappa shape index (κ3) is 11.6. The lowest BCUT2D eigenvalue weighted by Gasteiger charge is -2.43. The van der Waals surface area contributed by atoms with Gasteiger partial charge in [-0.3, -0.25) is 9.59 Å². The highest BCUT2D eigenvalue weighted by Gasteiger charge is 2.44. The number of nitrogens with zero attached hydrogens (tertiary/aromatic N) is 1. The summed E-state index contributed by atoms with van der Waals surface area (Å²) in [4.78, 5) is 51.1. The van der Waals surface area contributed by atoms with Gasteiger partial charge >= 0.3 is 12.2 Å². The van der Waals surface area contributed by atoms with E-state index in [1.165, 1.54) is 0 Å². The standard InChI is InChI=1S/C30H39Cl2N5O3.C2HF3O2/c1-2-34-28(39)30(18-21-8-4-3-5-9-21)13-7-15-37(20-30)27(38)26(17-22-11-12-24(31)25(32)16-22)36-29(40)35-23-10-6-14-33-19-23;3-2(4,5)1(6)7/h3-5,8-9,11-12,16,23,26,33H,2,6-7,10,13-15,17-20H2,1H3,(H,34,39)(H2,35,36,40);(H,6,7)/t23-,26-,30+;/m1./s1. The molecule has 2 heterocycles. The van der Waals surface area contributed by atoms with Crippen LogP contribution >= 0.6 is 23.2 Å². The van der Waals surface area contributed by atoms with Crippen molar-refractivity contribution in [2.75, 3.05) is 32.7 Å². The van der Waals surface area contributed by atoms with E-state index < -0.39 is 23.6 Å². The molecule has 47 heavy (non-hydrogen) atoms. The molecule has 0 spiro atoms. The number of urea groups is 1. The second kappa shape index (κ2) is 17.6. The van der Waals surface area contributed by atoms with Crippen LogP contribution in [0.2, 0.25) is 10.0 Å². The van der Waals surface area contributed by atoms with Gasteiger partial charge in [-0.05, 0) is 62.3 Å². The van der Waals surface area contributed by atoms with Crippen LogP contribution in [0.3, 0.4) is 0 Å². The zero-order chi connectivity index (χ0) is 34.6. The van der Waals surface area contributed by atoms with Crippen LogP contribution in [0.25, 0.3) is 0 Å². The van der Waals surface area contributed by atoms with E-state index in [0.29, 0.717) is 42.4 Å². The highest BCUT2D eigenvalue weighted by atomic mass is 35.5. The van der Waals surface area contributed by atoms with Gasteiger partial charge in [0, 0.05) is 26.1 Å². The number of alkyl halides is 3. The van der Waals surface area contributed by atoms with Crippen LogP contribution in [-0.4, -0.2) is 79.7 Å². The Bertz CT molecular complexity index is 1380. The number of nitrogens with one attached hydrogen (secondary N) is 3. The van der Waals surface area contributed by atoms with Gasteiger partial charge in [0.1, 0.15) is 12.0 Å². The minimum Gasteiger partial charge on any atom is -0.542 e. The van der Waals surface area contributed by atoms with E-state index >= 15 is 0 Å². The summed E-state index contributed by atoms with van der Waals surface area (Å²) >= 11 is 12.4. The molecule has 2 aliphatic rings. The molecule has 0 saturated carbocycles. The molecular weight excluding hydrogens is 662 g/mol. The Kier molecular flexibility index (Phi) is 14.2. The Hall–Kier alpha value is -3.55. The molecule has 15 heteroatoms. The Labute approximate surface area is 281 Å². The second-order valence-corrected chi connectivity index (χ2v) is 12.5. The van der Waals surface area contributed by atoms with E-state index in [2.05, 4.69) is 21.3 Å². The van der Waals surface area contributed by atoms with Gasteiger partial charge in [0.2, 0.25) is 11.8 Å². The van der Waals surface area contributed by atoms with Crippen LogP contribution in [-0.2, 0) is 27.2 Å². The molecule has 0 bridgehead atoms. The van der Waals surface area contributed by atoms with Crippen molar-refractivity contribution in [3.63, 3.8) is 0 Å². The van der Waals surface area contributed by atoms with Crippen molar-refractivity contribution < 1.29 is 42.8 Å². The van der Waals surface area contributed by atoms with Gasteiger partial charge < -0.3 is 36.1 Å². The van der Waals surface area contributed by atoms with Crippen molar-refractivity contribution in [2.45, 2.75) is 63.7 Å². The fraction of sp³-hybridized carbons (Fsp3) is 0.500. The first kappa shape index (κ1) is 37.9. The average Bonchev–Trinajstić information content (AvgIpc) is 3.03. The number of likely N-dealkylation sites (tertiary alicyclic amines) is 1. The summed E-state index contributed by atoms with van der Waals surface area (Å²) in [5.74, 6) is -3.26. The highest BCUT2D eigenvalue weighted by Crippen LogP contribution is 2.35. The van der Waals surface area contributed by atoms with E-state index in [1.54, 1.807) is 17.0 Å². The van der Waals surface area contributed by atoms with Gasteiger partial charge in [-0.2, -0.15) is 13.2 Å². The first-order chi connectivity index (χ1) is 22.2. The maximum atomic E-state index is 14.1. The number of hydrogen-bond donors (Lipinski definition) is 4. The normalized spacial score (nSPS) is 20.2. The maximum Gasteiger partial charge on any atom is 0.430 e. The molecule has 0 unspecified atom stereocenters. The first-order valence-corrected chi connectivity index (χ1v) is 16.2. The zero-order valence-electron chi connectivity index (χ0n) is 26.0. The number of nitrogens with two attached hydrogens (primary N) is 1. The third-order valence-corrected chi connectivity index (χ3v) is 8.84. The minimum atomic E-state index is -5.19. The van der Waals surface area contributed by atoms with E-state index in [-0.39, 0.29) is 36.9 Å². The number of carbonyl (C=O) groups excluding carboxylic acids is 4. The predicted octanol–water partition coefficient (Wildman–Crippen LogP) is 2.22. The number of carboxylic acid groups (broad SMARTS) is 1. The zero-order valence-corrected chi connectivity index (χ0v) is 27.5. The van der Waals surface area contributed by atoms with Crippen LogP contribution in [0.15, 0.2) is 48.5 Å². The number of aliphatic carboxylic acids is 1. The summed E-state index contributed by atoms with van der Waals surface area (Å²) in [6.07, 6.45) is -1.08. The summed E-state index contributed by atoms with van der Waals surface area (Å²) in [7, 11) is 0. The van der Waals surface area contributed by atoms with Gasteiger partial charge in [0.25, 0.3) is 0 Å². The lowest BCUT2D eigenvalue weighted by atomic mass is 9.74. The van der Waals surface area contributed by atoms with E-state index in [0.717, 1.165) is 37.1 Å². The summed E-state index contributed by atoms with van der Waals surface area (Å²) in [5, 5.41) is 20.8.